The second-order valence-electron chi connectivity index (χ2n) is 6.59. The number of quaternary nitrogens is 1. The Morgan fingerprint density at radius 3 is 2.79 bits per heavy atom. The minimum absolute atomic E-state index is 0.528. The van der Waals surface area contributed by atoms with Crippen LogP contribution < -0.4 is 20.4 Å². The Balaban J connectivity index is 1.38. The first-order valence-corrected chi connectivity index (χ1v) is 9.95. The molecule has 7 heteroatoms. The first-order valence-electron chi connectivity index (χ1n) is 9.54. The predicted octanol–water partition coefficient (Wildman–Crippen LogP) is 0.979. The number of rotatable bonds is 8. The number of nitrogens with zero attached hydrogens (tertiary/aromatic N) is 1. The summed E-state index contributed by atoms with van der Waals surface area (Å²) in [5.74, 6) is 0.807. The van der Waals surface area contributed by atoms with Crippen LogP contribution in [0.5, 0.6) is 5.75 Å². The van der Waals surface area contributed by atoms with Crippen LogP contribution in [0.4, 0.5) is 0 Å². The maximum Gasteiger partial charge on any atom is 0.187 e. The van der Waals surface area contributed by atoms with E-state index in [1.165, 1.54) is 4.90 Å². The third-order valence-corrected chi connectivity index (χ3v) is 4.69. The van der Waals surface area contributed by atoms with E-state index in [1.54, 1.807) is 6.21 Å². The van der Waals surface area contributed by atoms with Gasteiger partial charge in [0.05, 0.1) is 32.5 Å². The first kappa shape index (κ1) is 20.3. The van der Waals surface area contributed by atoms with E-state index in [-0.39, 0.29) is 0 Å². The lowest BCUT2D eigenvalue weighted by Gasteiger charge is -2.23. The SMILES string of the molecule is S=C(NCC[NH+]1CCOCC1)N/N=C\c1cccc(OCc2ccccc2)c1. The number of hydrogen-bond acceptors (Lipinski definition) is 4. The van der Waals surface area contributed by atoms with Gasteiger partial charge >= 0.3 is 0 Å². The van der Waals surface area contributed by atoms with Gasteiger partial charge in [-0.05, 0) is 35.5 Å². The van der Waals surface area contributed by atoms with Gasteiger partial charge in [0.2, 0.25) is 0 Å². The number of ether oxygens (including phenoxy) is 2. The van der Waals surface area contributed by atoms with Gasteiger partial charge in [-0.2, -0.15) is 5.10 Å². The minimum Gasteiger partial charge on any atom is -0.489 e. The molecule has 0 bridgehead atoms. The summed E-state index contributed by atoms with van der Waals surface area (Å²) in [7, 11) is 0. The molecule has 0 unspecified atom stereocenters. The van der Waals surface area contributed by atoms with Crippen LogP contribution in [0.3, 0.4) is 0 Å². The Labute approximate surface area is 171 Å². The molecular weight excluding hydrogens is 372 g/mol. The van der Waals surface area contributed by atoms with E-state index in [0.29, 0.717) is 11.7 Å². The molecule has 2 aromatic rings. The van der Waals surface area contributed by atoms with E-state index in [9.17, 15) is 0 Å². The lowest BCUT2D eigenvalue weighted by atomic mass is 10.2. The molecule has 6 nitrogen and oxygen atoms in total. The number of hydrogen-bond donors (Lipinski definition) is 3. The van der Waals surface area contributed by atoms with Gasteiger partial charge in [-0.3, -0.25) is 5.43 Å². The molecule has 1 fully saturated rings. The quantitative estimate of drug-likeness (QED) is 0.351. The topological polar surface area (TPSA) is 59.3 Å². The van der Waals surface area contributed by atoms with E-state index in [0.717, 1.165) is 56.3 Å². The molecule has 0 aromatic heterocycles. The first-order chi connectivity index (χ1) is 13.8. The molecule has 1 aliphatic heterocycles. The second kappa shape index (κ2) is 11.4. The van der Waals surface area contributed by atoms with E-state index in [1.807, 2.05) is 54.6 Å². The molecule has 148 valence electrons. The molecule has 0 saturated carbocycles. The van der Waals surface area contributed by atoms with Crippen molar-refractivity contribution in [3.63, 3.8) is 0 Å². The molecule has 28 heavy (non-hydrogen) atoms. The summed E-state index contributed by atoms with van der Waals surface area (Å²) < 4.78 is 11.2. The molecule has 0 aliphatic carbocycles. The van der Waals surface area contributed by atoms with Gasteiger partial charge in [-0.25, -0.2) is 0 Å². The van der Waals surface area contributed by atoms with Crippen LogP contribution >= 0.6 is 12.2 Å². The average Bonchev–Trinajstić information content (AvgIpc) is 2.74. The standard InChI is InChI=1S/C21H26N4O2S/c28-21(22-9-10-25-11-13-26-14-12-25)24-23-16-19-7-4-8-20(15-19)27-17-18-5-2-1-3-6-18/h1-8,15-16H,9-14,17H2,(H2,22,24,28)/p+1/b23-16-. The van der Waals surface area contributed by atoms with Crippen LogP contribution in [0, 0.1) is 0 Å². The zero-order chi connectivity index (χ0) is 19.4. The van der Waals surface area contributed by atoms with Crippen molar-refractivity contribution in [1.29, 1.82) is 0 Å². The highest BCUT2D eigenvalue weighted by Gasteiger charge is 2.12. The lowest BCUT2D eigenvalue weighted by Crippen LogP contribution is -3.14. The van der Waals surface area contributed by atoms with Gasteiger partial charge in [0.15, 0.2) is 5.11 Å². The molecule has 1 aliphatic rings. The van der Waals surface area contributed by atoms with Gasteiger partial charge in [0.25, 0.3) is 0 Å². The Bertz CT molecular complexity index is 764. The van der Waals surface area contributed by atoms with Crippen molar-refractivity contribution in [2.45, 2.75) is 6.61 Å². The van der Waals surface area contributed by atoms with Gasteiger partial charge < -0.3 is 19.7 Å². The molecule has 1 heterocycles. The summed E-state index contributed by atoms with van der Waals surface area (Å²) in [6.07, 6.45) is 1.73. The summed E-state index contributed by atoms with van der Waals surface area (Å²) in [6, 6.07) is 17.9. The summed E-state index contributed by atoms with van der Waals surface area (Å²) in [6.45, 7) is 6.19. The molecule has 0 atom stereocenters. The van der Waals surface area contributed by atoms with Crippen molar-refractivity contribution >= 4 is 23.5 Å². The number of hydrazone groups is 1. The molecule has 1 saturated heterocycles. The highest BCUT2D eigenvalue weighted by Crippen LogP contribution is 2.14. The minimum atomic E-state index is 0.528. The Morgan fingerprint density at radius 2 is 1.96 bits per heavy atom. The smallest absolute Gasteiger partial charge is 0.187 e. The summed E-state index contributed by atoms with van der Waals surface area (Å²) in [5.41, 5.74) is 4.94. The highest BCUT2D eigenvalue weighted by molar-refractivity contribution is 7.80. The van der Waals surface area contributed by atoms with Gasteiger partial charge in [0.1, 0.15) is 25.4 Å². The molecule has 3 rings (SSSR count). The highest BCUT2D eigenvalue weighted by atomic mass is 32.1. The average molecular weight is 400 g/mol. The Hall–Kier alpha value is -2.48. The van der Waals surface area contributed by atoms with Crippen molar-refractivity contribution < 1.29 is 14.4 Å². The zero-order valence-electron chi connectivity index (χ0n) is 15.9. The van der Waals surface area contributed by atoms with E-state index in [4.69, 9.17) is 21.7 Å². The van der Waals surface area contributed by atoms with Crippen LogP contribution in [0.15, 0.2) is 59.7 Å². The van der Waals surface area contributed by atoms with Crippen molar-refractivity contribution in [1.82, 2.24) is 10.7 Å². The third-order valence-electron chi connectivity index (χ3n) is 4.45. The maximum absolute atomic E-state index is 5.84. The van der Waals surface area contributed by atoms with E-state index in [2.05, 4.69) is 15.8 Å². The fourth-order valence-electron chi connectivity index (χ4n) is 2.89. The number of morpholine rings is 1. The normalized spacial score (nSPS) is 14.7. The number of nitrogens with one attached hydrogen (secondary N) is 3. The molecular formula is C21H27N4O2S+. The van der Waals surface area contributed by atoms with E-state index >= 15 is 0 Å². The van der Waals surface area contributed by atoms with Crippen molar-refractivity contribution in [2.75, 3.05) is 39.4 Å². The van der Waals surface area contributed by atoms with Gasteiger partial charge in [-0.1, -0.05) is 42.5 Å². The van der Waals surface area contributed by atoms with Crippen LogP contribution in [0.2, 0.25) is 0 Å². The fraction of sp³-hybridized carbons (Fsp3) is 0.333. The molecule has 2 aromatic carbocycles. The van der Waals surface area contributed by atoms with Crippen LogP contribution in [-0.4, -0.2) is 50.7 Å². The Morgan fingerprint density at radius 1 is 1.14 bits per heavy atom. The molecule has 0 amide bonds. The van der Waals surface area contributed by atoms with E-state index < -0.39 is 0 Å². The molecule has 3 N–H and O–H groups in total. The predicted molar refractivity (Wildman–Crippen MR) is 115 cm³/mol. The van der Waals surface area contributed by atoms with Crippen molar-refractivity contribution in [3.8, 4) is 5.75 Å². The summed E-state index contributed by atoms with van der Waals surface area (Å²) in [4.78, 5) is 1.54. The molecule has 0 spiro atoms. The maximum atomic E-state index is 5.84. The van der Waals surface area contributed by atoms with Gasteiger partial charge in [0, 0.05) is 0 Å². The zero-order valence-corrected chi connectivity index (χ0v) is 16.7. The van der Waals surface area contributed by atoms with Gasteiger partial charge in [-0.15, -0.1) is 0 Å². The van der Waals surface area contributed by atoms with Crippen LogP contribution in [-0.2, 0) is 11.3 Å². The van der Waals surface area contributed by atoms with Crippen LogP contribution in [0.1, 0.15) is 11.1 Å². The Kier molecular flexibility index (Phi) is 8.24. The number of benzene rings is 2. The molecule has 0 radical (unpaired) electrons. The largest absolute Gasteiger partial charge is 0.489 e. The second-order valence-corrected chi connectivity index (χ2v) is 6.99. The summed E-state index contributed by atoms with van der Waals surface area (Å²) >= 11 is 5.26. The summed E-state index contributed by atoms with van der Waals surface area (Å²) in [5, 5.41) is 7.92. The fourth-order valence-corrected chi connectivity index (χ4v) is 3.05. The third kappa shape index (κ3) is 7.26. The van der Waals surface area contributed by atoms with Crippen molar-refractivity contribution in [2.24, 2.45) is 5.10 Å². The lowest BCUT2D eigenvalue weighted by molar-refractivity contribution is -0.906. The monoisotopic (exact) mass is 399 g/mol. The van der Waals surface area contributed by atoms with Crippen LogP contribution in [0.25, 0.3) is 0 Å². The number of thiocarbonyl (C=S) groups is 1. The van der Waals surface area contributed by atoms with Crippen molar-refractivity contribution in [3.05, 3.63) is 65.7 Å².